The number of hydrogen-bond acceptors (Lipinski definition) is 4. The van der Waals surface area contributed by atoms with Gasteiger partial charge in [0.25, 0.3) is 0 Å². The number of amides is 1. The van der Waals surface area contributed by atoms with Crippen molar-refractivity contribution >= 4 is 5.91 Å². The van der Waals surface area contributed by atoms with Gasteiger partial charge in [0.05, 0.1) is 18.7 Å². The van der Waals surface area contributed by atoms with E-state index in [4.69, 9.17) is 4.74 Å². The number of fused-ring (bicyclic) bond motifs is 1. The van der Waals surface area contributed by atoms with Crippen LogP contribution in [0.25, 0.3) is 0 Å². The third-order valence-corrected chi connectivity index (χ3v) is 5.08. The van der Waals surface area contributed by atoms with Gasteiger partial charge >= 0.3 is 0 Å². The average molecular weight is 362 g/mol. The minimum absolute atomic E-state index is 0.0519. The molecular weight excluding hydrogens is 342 g/mol. The fourth-order valence-corrected chi connectivity index (χ4v) is 3.67. The summed E-state index contributed by atoms with van der Waals surface area (Å²) in [7, 11) is 1.90. The van der Waals surface area contributed by atoms with Crippen molar-refractivity contribution in [1.29, 1.82) is 0 Å². The minimum Gasteiger partial charge on any atom is -0.365 e. The molecule has 1 aromatic carbocycles. The van der Waals surface area contributed by atoms with E-state index in [-0.39, 0.29) is 24.7 Å². The number of imidazole rings is 1. The molecule has 0 spiro atoms. The van der Waals surface area contributed by atoms with Crippen molar-refractivity contribution in [3.63, 3.8) is 0 Å². The molecule has 6 nitrogen and oxygen atoms in total. The summed E-state index contributed by atoms with van der Waals surface area (Å²) in [6.07, 6.45) is 3.47. The molecule has 8 heteroatoms. The van der Waals surface area contributed by atoms with Gasteiger partial charge in [0.2, 0.25) is 5.91 Å². The highest BCUT2D eigenvalue weighted by Crippen LogP contribution is 2.26. The molecule has 0 bridgehead atoms. The second kappa shape index (κ2) is 6.77. The van der Waals surface area contributed by atoms with E-state index in [1.54, 1.807) is 12.3 Å². The number of likely N-dealkylation sites (tertiary alicyclic amines) is 1. The molecule has 4 rings (SSSR count). The van der Waals surface area contributed by atoms with Crippen LogP contribution in [0.5, 0.6) is 0 Å². The molecule has 138 valence electrons. The summed E-state index contributed by atoms with van der Waals surface area (Å²) in [5.41, 5.74) is 0.699. The molecule has 2 aliphatic heterocycles. The van der Waals surface area contributed by atoms with Gasteiger partial charge in [-0.2, -0.15) is 0 Å². The van der Waals surface area contributed by atoms with Crippen LogP contribution in [0.3, 0.4) is 0 Å². The maximum atomic E-state index is 13.4. The first-order chi connectivity index (χ1) is 12.5. The first-order valence-electron chi connectivity index (χ1n) is 8.55. The monoisotopic (exact) mass is 362 g/mol. The summed E-state index contributed by atoms with van der Waals surface area (Å²) >= 11 is 0. The van der Waals surface area contributed by atoms with Crippen LogP contribution in [0.4, 0.5) is 8.78 Å². The SMILES string of the molecule is Cn1ccnc1CN1C(=O)COC2CN(Cc3ccc(F)c(F)c3)CC21. The van der Waals surface area contributed by atoms with E-state index >= 15 is 0 Å². The molecule has 2 unspecified atom stereocenters. The third kappa shape index (κ3) is 3.22. The van der Waals surface area contributed by atoms with Gasteiger partial charge in [-0.1, -0.05) is 6.07 Å². The fourth-order valence-electron chi connectivity index (χ4n) is 3.67. The Bertz CT molecular complexity index is 825. The van der Waals surface area contributed by atoms with Crippen LogP contribution in [0.15, 0.2) is 30.6 Å². The van der Waals surface area contributed by atoms with Gasteiger partial charge in [-0.15, -0.1) is 0 Å². The van der Waals surface area contributed by atoms with Crippen molar-refractivity contribution in [3.05, 3.63) is 53.6 Å². The highest BCUT2D eigenvalue weighted by Gasteiger charge is 2.43. The minimum atomic E-state index is -0.848. The van der Waals surface area contributed by atoms with Crippen LogP contribution in [-0.2, 0) is 29.7 Å². The largest absolute Gasteiger partial charge is 0.365 e. The topological polar surface area (TPSA) is 50.6 Å². The van der Waals surface area contributed by atoms with Gasteiger partial charge in [0.1, 0.15) is 12.4 Å². The van der Waals surface area contributed by atoms with Crippen LogP contribution in [0.1, 0.15) is 11.4 Å². The van der Waals surface area contributed by atoms with Crippen molar-refractivity contribution < 1.29 is 18.3 Å². The molecular formula is C18H20F2N4O2. The molecule has 3 heterocycles. The molecule has 2 atom stereocenters. The Hall–Kier alpha value is -2.32. The summed E-state index contributed by atoms with van der Waals surface area (Å²) in [5, 5.41) is 0. The summed E-state index contributed by atoms with van der Waals surface area (Å²) in [4.78, 5) is 20.6. The number of morpholine rings is 1. The average Bonchev–Trinajstić information content (AvgIpc) is 3.20. The number of aryl methyl sites for hydroxylation is 1. The summed E-state index contributed by atoms with van der Waals surface area (Å²) in [6.45, 7) is 2.25. The number of nitrogens with zero attached hydrogens (tertiary/aromatic N) is 4. The molecule has 2 aliphatic rings. The van der Waals surface area contributed by atoms with Crippen LogP contribution < -0.4 is 0 Å². The maximum Gasteiger partial charge on any atom is 0.249 e. The van der Waals surface area contributed by atoms with Gasteiger partial charge in [-0.25, -0.2) is 13.8 Å². The van der Waals surface area contributed by atoms with Crippen molar-refractivity contribution in [2.75, 3.05) is 19.7 Å². The zero-order chi connectivity index (χ0) is 18.3. The molecule has 2 aromatic rings. The van der Waals surface area contributed by atoms with E-state index in [1.165, 1.54) is 6.07 Å². The first-order valence-corrected chi connectivity index (χ1v) is 8.55. The second-order valence-corrected chi connectivity index (χ2v) is 6.84. The molecule has 2 fully saturated rings. The highest BCUT2D eigenvalue weighted by molar-refractivity contribution is 5.78. The number of carbonyl (C=O) groups excluding carboxylic acids is 1. The Balaban J connectivity index is 1.47. The zero-order valence-corrected chi connectivity index (χ0v) is 14.4. The second-order valence-electron chi connectivity index (χ2n) is 6.84. The number of rotatable bonds is 4. The molecule has 1 aromatic heterocycles. The van der Waals surface area contributed by atoms with E-state index in [2.05, 4.69) is 9.88 Å². The van der Waals surface area contributed by atoms with Gasteiger partial charge in [-0.05, 0) is 17.7 Å². The van der Waals surface area contributed by atoms with E-state index in [0.29, 0.717) is 31.7 Å². The molecule has 2 saturated heterocycles. The lowest BCUT2D eigenvalue weighted by Gasteiger charge is -2.36. The molecule has 0 aliphatic carbocycles. The number of benzene rings is 1. The standard InChI is InChI=1S/C18H20F2N4O2/c1-22-5-4-21-17(22)10-24-15-8-23(9-16(15)26-11-18(24)25)7-12-2-3-13(19)14(20)6-12/h2-6,15-16H,7-11H2,1H3. The zero-order valence-electron chi connectivity index (χ0n) is 14.4. The lowest BCUT2D eigenvalue weighted by Crippen LogP contribution is -2.53. The van der Waals surface area contributed by atoms with Crippen molar-refractivity contribution in [3.8, 4) is 0 Å². The summed E-state index contributed by atoms with van der Waals surface area (Å²) in [6, 6.07) is 3.87. The third-order valence-electron chi connectivity index (χ3n) is 5.08. The van der Waals surface area contributed by atoms with Gasteiger partial charge in [0.15, 0.2) is 11.6 Å². The number of aromatic nitrogens is 2. The number of ether oxygens (including phenoxy) is 1. The quantitative estimate of drug-likeness (QED) is 0.823. The highest BCUT2D eigenvalue weighted by atomic mass is 19.2. The first kappa shape index (κ1) is 17.1. The Morgan fingerprint density at radius 1 is 1.23 bits per heavy atom. The van der Waals surface area contributed by atoms with Crippen molar-refractivity contribution in [2.45, 2.75) is 25.2 Å². The predicted octanol–water partition coefficient (Wildman–Crippen LogP) is 1.31. The van der Waals surface area contributed by atoms with E-state index < -0.39 is 11.6 Å². The molecule has 1 amide bonds. The van der Waals surface area contributed by atoms with Crippen LogP contribution in [0.2, 0.25) is 0 Å². The number of carbonyl (C=O) groups is 1. The smallest absolute Gasteiger partial charge is 0.249 e. The lowest BCUT2D eigenvalue weighted by molar-refractivity contribution is -0.154. The fraction of sp³-hybridized carbons (Fsp3) is 0.444. The molecule has 0 N–H and O–H groups in total. The Labute approximate surface area is 150 Å². The van der Waals surface area contributed by atoms with Gasteiger partial charge in [-0.3, -0.25) is 9.69 Å². The lowest BCUT2D eigenvalue weighted by atomic mass is 10.1. The number of hydrogen-bond donors (Lipinski definition) is 0. The predicted molar refractivity (Wildman–Crippen MR) is 88.9 cm³/mol. The van der Waals surface area contributed by atoms with Crippen LogP contribution in [-0.4, -0.2) is 57.1 Å². The molecule has 26 heavy (non-hydrogen) atoms. The summed E-state index contributed by atoms with van der Waals surface area (Å²) in [5.74, 6) is -0.928. The van der Waals surface area contributed by atoms with Crippen LogP contribution in [0, 0.1) is 11.6 Å². The van der Waals surface area contributed by atoms with Crippen molar-refractivity contribution in [1.82, 2.24) is 19.4 Å². The van der Waals surface area contributed by atoms with E-state index in [1.807, 2.05) is 22.7 Å². The maximum absolute atomic E-state index is 13.4. The normalized spacial score (nSPS) is 23.5. The molecule has 0 radical (unpaired) electrons. The van der Waals surface area contributed by atoms with Crippen LogP contribution >= 0.6 is 0 Å². The van der Waals surface area contributed by atoms with Gasteiger partial charge in [0, 0.05) is 39.1 Å². The Morgan fingerprint density at radius 3 is 2.81 bits per heavy atom. The number of halogens is 2. The summed E-state index contributed by atoms with van der Waals surface area (Å²) < 4.78 is 34.1. The van der Waals surface area contributed by atoms with E-state index in [9.17, 15) is 13.6 Å². The van der Waals surface area contributed by atoms with E-state index in [0.717, 1.165) is 11.9 Å². The Morgan fingerprint density at radius 2 is 2.08 bits per heavy atom. The molecule has 0 saturated carbocycles. The Kier molecular flexibility index (Phi) is 4.46. The van der Waals surface area contributed by atoms with Crippen molar-refractivity contribution in [2.24, 2.45) is 7.05 Å². The van der Waals surface area contributed by atoms with Gasteiger partial charge < -0.3 is 14.2 Å².